The molecule has 0 radical (unpaired) electrons. The molecule has 0 amide bonds. The molecule has 3 heteroatoms. The van der Waals surface area contributed by atoms with Crippen molar-refractivity contribution in [3.05, 3.63) is 23.8 Å². The molecule has 2 unspecified atom stereocenters. The lowest BCUT2D eigenvalue weighted by atomic mass is 9.89. The maximum absolute atomic E-state index is 5.58. The molecule has 3 nitrogen and oxygen atoms in total. The molecule has 21 heavy (non-hydrogen) atoms. The van der Waals surface area contributed by atoms with E-state index >= 15 is 0 Å². The number of unbranched alkanes of at least 4 members (excludes halogenated alkanes) is 1. The van der Waals surface area contributed by atoms with E-state index in [9.17, 15) is 0 Å². The Hall–Kier alpha value is -1.22. The minimum atomic E-state index is 0.303. The van der Waals surface area contributed by atoms with Gasteiger partial charge in [-0.1, -0.05) is 51.7 Å². The number of methoxy groups -OCH3 is 2. The van der Waals surface area contributed by atoms with Gasteiger partial charge in [-0.05, 0) is 25.5 Å². The van der Waals surface area contributed by atoms with Gasteiger partial charge in [0, 0.05) is 11.6 Å². The number of nitrogens with one attached hydrogen (secondary N) is 1. The molecule has 0 saturated heterocycles. The normalized spacial score (nSPS) is 13.8. The van der Waals surface area contributed by atoms with Crippen molar-refractivity contribution >= 4 is 0 Å². The first kappa shape index (κ1) is 17.8. The Bertz CT molecular complexity index is 406. The Morgan fingerprint density at radius 3 is 2.43 bits per heavy atom. The Morgan fingerprint density at radius 2 is 1.90 bits per heavy atom. The van der Waals surface area contributed by atoms with Gasteiger partial charge >= 0.3 is 0 Å². The topological polar surface area (TPSA) is 30.5 Å². The summed E-state index contributed by atoms with van der Waals surface area (Å²) >= 11 is 0. The first-order valence-electron chi connectivity index (χ1n) is 8.09. The number of ether oxygens (including phenoxy) is 2. The van der Waals surface area contributed by atoms with Crippen LogP contribution in [0, 0.1) is 5.92 Å². The van der Waals surface area contributed by atoms with E-state index in [0.717, 1.165) is 23.8 Å². The smallest absolute Gasteiger partial charge is 0.165 e. The van der Waals surface area contributed by atoms with E-state index < -0.39 is 0 Å². The number of benzene rings is 1. The van der Waals surface area contributed by atoms with Gasteiger partial charge in [-0.25, -0.2) is 0 Å². The zero-order valence-electron chi connectivity index (χ0n) is 14.2. The van der Waals surface area contributed by atoms with E-state index in [1.54, 1.807) is 14.2 Å². The highest BCUT2D eigenvalue weighted by Crippen LogP contribution is 2.37. The molecule has 0 saturated carbocycles. The Kier molecular flexibility index (Phi) is 8.21. The fourth-order valence-electron chi connectivity index (χ4n) is 2.90. The van der Waals surface area contributed by atoms with Crippen LogP contribution in [0.1, 0.15) is 57.6 Å². The average Bonchev–Trinajstić information content (AvgIpc) is 2.54. The second-order valence-electron chi connectivity index (χ2n) is 5.58. The SMILES string of the molecule is CCCCC(CC)CC(NC)c1cccc(OC)c1OC. The molecule has 1 aromatic carbocycles. The van der Waals surface area contributed by atoms with Crippen molar-refractivity contribution < 1.29 is 9.47 Å². The highest BCUT2D eigenvalue weighted by molar-refractivity contribution is 5.48. The van der Waals surface area contributed by atoms with Crippen LogP contribution in [-0.4, -0.2) is 21.3 Å². The Balaban J connectivity index is 2.93. The molecular formula is C18H31NO2. The van der Waals surface area contributed by atoms with E-state index in [0.29, 0.717) is 6.04 Å². The Labute approximate surface area is 130 Å². The first-order valence-corrected chi connectivity index (χ1v) is 8.09. The lowest BCUT2D eigenvalue weighted by molar-refractivity contribution is 0.331. The van der Waals surface area contributed by atoms with Crippen LogP contribution in [0.2, 0.25) is 0 Å². The van der Waals surface area contributed by atoms with Gasteiger partial charge in [-0.2, -0.15) is 0 Å². The molecule has 0 bridgehead atoms. The monoisotopic (exact) mass is 293 g/mol. The third-order valence-corrected chi connectivity index (χ3v) is 4.27. The second-order valence-corrected chi connectivity index (χ2v) is 5.58. The zero-order valence-corrected chi connectivity index (χ0v) is 14.2. The van der Waals surface area contributed by atoms with Crippen molar-refractivity contribution in [1.82, 2.24) is 5.32 Å². The molecule has 0 fully saturated rings. The molecule has 0 aromatic heterocycles. The summed E-state index contributed by atoms with van der Waals surface area (Å²) in [4.78, 5) is 0. The zero-order chi connectivity index (χ0) is 15.7. The van der Waals surface area contributed by atoms with E-state index in [-0.39, 0.29) is 0 Å². The summed E-state index contributed by atoms with van der Waals surface area (Å²) in [6.07, 6.45) is 6.24. The minimum absolute atomic E-state index is 0.303. The molecular weight excluding hydrogens is 262 g/mol. The van der Waals surface area contributed by atoms with Crippen molar-refractivity contribution in [1.29, 1.82) is 0 Å². The van der Waals surface area contributed by atoms with Crippen LogP contribution in [0.5, 0.6) is 11.5 Å². The predicted molar refractivity (Wildman–Crippen MR) is 89.3 cm³/mol. The summed E-state index contributed by atoms with van der Waals surface area (Å²) in [5.41, 5.74) is 1.19. The van der Waals surface area contributed by atoms with Gasteiger partial charge in [-0.15, -0.1) is 0 Å². The van der Waals surface area contributed by atoms with Crippen LogP contribution in [0.25, 0.3) is 0 Å². The summed E-state index contributed by atoms with van der Waals surface area (Å²) in [7, 11) is 5.42. The maximum Gasteiger partial charge on any atom is 0.165 e. The largest absolute Gasteiger partial charge is 0.493 e. The third-order valence-electron chi connectivity index (χ3n) is 4.27. The molecule has 0 aliphatic rings. The van der Waals surface area contributed by atoms with Crippen LogP contribution in [0.3, 0.4) is 0 Å². The van der Waals surface area contributed by atoms with Gasteiger partial charge in [0.15, 0.2) is 11.5 Å². The molecule has 2 atom stereocenters. The molecule has 0 aliphatic carbocycles. The van der Waals surface area contributed by atoms with Crippen molar-refractivity contribution in [2.75, 3.05) is 21.3 Å². The minimum Gasteiger partial charge on any atom is -0.493 e. The highest BCUT2D eigenvalue weighted by Gasteiger charge is 2.20. The van der Waals surface area contributed by atoms with Gasteiger partial charge in [-0.3, -0.25) is 0 Å². The predicted octanol–water partition coefficient (Wildman–Crippen LogP) is 4.57. The van der Waals surface area contributed by atoms with Crippen molar-refractivity contribution in [3.8, 4) is 11.5 Å². The molecule has 1 aromatic rings. The quantitative estimate of drug-likeness (QED) is 0.685. The van der Waals surface area contributed by atoms with Gasteiger partial charge in [0.1, 0.15) is 0 Å². The van der Waals surface area contributed by atoms with Gasteiger partial charge in [0.05, 0.1) is 14.2 Å². The van der Waals surface area contributed by atoms with Crippen LogP contribution >= 0.6 is 0 Å². The molecule has 0 heterocycles. The lowest BCUT2D eigenvalue weighted by Gasteiger charge is -2.25. The number of rotatable bonds is 10. The number of hydrogen-bond acceptors (Lipinski definition) is 3. The van der Waals surface area contributed by atoms with E-state index in [1.807, 2.05) is 19.2 Å². The Morgan fingerprint density at radius 1 is 1.14 bits per heavy atom. The summed E-state index contributed by atoms with van der Waals surface area (Å²) in [5.74, 6) is 2.40. The van der Waals surface area contributed by atoms with Crippen LogP contribution < -0.4 is 14.8 Å². The summed E-state index contributed by atoms with van der Waals surface area (Å²) < 4.78 is 11.0. The fraction of sp³-hybridized carbons (Fsp3) is 0.667. The summed E-state index contributed by atoms with van der Waals surface area (Å²) in [5, 5.41) is 3.45. The number of para-hydroxylation sites is 1. The number of hydrogen-bond donors (Lipinski definition) is 1. The maximum atomic E-state index is 5.58. The van der Waals surface area contributed by atoms with Gasteiger partial charge < -0.3 is 14.8 Å². The standard InChI is InChI=1S/C18H31NO2/c1-6-8-10-14(7-2)13-16(19-3)15-11-9-12-17(20-4)18(15)21-5/h9,11-12,14,16,19H,6-8,10,13H2,1-5H3. The van der Waals surface area contributed by atoms with Crippen molar-refractivity contribution in [3.63, 3.8) is 0 Å². The van der Waals surface area contributed by atoms with E-state index in [2.05, 4.69) is 25.2 Å². The molecule has 120 valence electrons. The van der Waals surface area contributed by atoms with E-state index in [4.69, 9.17) is 9.47 Å². The van der Waals surface area contributed by atoms with Crippen molar-refractivity contribution in [2.24, 2.45) is 5.92 Å². The van der Waals surface area contributed by atoms with Crippen LogP contribution in [0.4, 0.5) is 0 Å². The van der Waals surface area contributed by atoms with Gasteiger partial charge in [0.2, 0.25) is 0 Å². The van der Waals surface area contributed by atoms with Crippen LogP contribution in [0.15, 0.2) is 18.2 Å². The van der Waals surface area contributed by atoms with E-state index in [1.165, 1.54) is 31.2 Å². The molecule has 1 rings (SSSR count). The van der Waals surface area contributed by atoms with Crippen LogP contribution in [-0.2, 0) is 0 Å². The lowest BCUT2D eigenvalue weighted by Crippen LogP contribution is -2.20. The molecule has 0 spiro atoms. The first-order chi connectivity index (χ1) is 10.2. The highest BCUT2D eigenvalue weighted by atomic mass is 16.5. The average molecular weight is 293 g/mol. The molecule has 1 N–H and O–H groups in total. The third kappa shape index (κ3) is 4.92. The summed E-state index contributed by atoms with van der Waals surface area (Å²) in [6, 6.07) is 6.42. The van der Waals surface area contributed by atoms with Crippen molar-refractivity contribution in [2.45, 2.75) is 52.0 Å². The molecule has 0 aliphatic heterocycles. The second kappa shape index (κ2) is 9.67. The summed E-state index contributed by atoms with van der Waals surface area (Å²) in [6.45, 7) is 4.54. The van der Waals surface area contributed by atoms with Gasteiger partial charge in [0.25, 0.3) is 0 Å². The fourth-order valence-corrected chi connectivity index (χ4v) is 2.90.